The largest absolute Gasteiger partial charge is 0.491 e. The van der Waals surface area contributed by atoms with Gasteiger partial charge in [0.05, 0.1) is 13.2 Å². The molecular formula is C17H20N2O3. The van der Waals surface area contributed by atoms with Crippen molar-refractivity contribution in [1.29, 1.82) is 0 Å². The zero-order valence-electron chi connectivity index (χ0n) is 12.6. The molecule has 0 spiro atoms. The molecule has 0 atom stereocenters. The fourth-order valence-electron chi connectivity index (χ4n) is 2.05. The standard InChI is InChI=1S/C17H20N2O3/c1-2-22-15-4-3-10-18-16(15)17(21)19-11-9-13-5-7-14(12-20)8-6-13/h3-8,10,20H,2,9,11-12H2,1H3,(H,19,21). The van der Waals surface area contributed by atoms with Crippen LogP contribution in [-0.2, 0) is 13.0 Å². The van der Waals surface area contributed by atoms with E-state index < -0.39 is 0 Å². The highest BCUT2D eigenvalue weighted by atomic mass is 16.5. The Kier molecular flexibility index (Phi) is 5.91. The third kappa shape index (κ3) is 4.30. The molecule has 0 unspecified atom stereocenters. The first-order chi connectivity index (χ1) is 10.7. The van der Waals surface area contributed by atoms with Gasteiger partial charge in [-0.25, -0.2) is 4.98 Å². The molecule has 5 heteroatoms. The Morgan fingerprint density at radius 1 is 1.23 bits per heavy atom. The Balaban J connectivity index is 1.89. The maximum atomic E-state index is 12.1. The van der Waals surface area contributed by atoms with Crippen LogP contribution in [0.2, 0.25) is 0 Å². The molecule has 0 saturated heterocycles. The highest BCUT2D eigenvalue weighted by Crippen LogP contribution is 2.14. The van der Waals surface area contributed by atoms with Gasteiger partial charge in [0.1, 0.15) is 0 Å². The Bertz CT molecular complexity index is 612. The predicted octanol–water partition coefficient (Wildman–Crippen LogP) is 1.95. The molecule has 5 nitrogen and oxygen atoms in total. The Morgan fingerprint density at radius 3 is 2.64 bits per heavy atom. The predicted molar refractivity (Wildman–Crippen MR) is 83.8 cm³/mol. The van der Waals surface area contributed by atoms with Gasteiger partial charge in [0.25, 0.3) is 5.91 Å². The van der Waals surface area contributed by atoms with Crippen molar-refractivity contribution in [2.45, 2.75) is 20.0 Å². The first kappa shape index (κ1) is 16.0. The molecule has 0 radical (unpaired) electrons. The normalized spacial score (nSPS) is 10.3. The number of benzene rings is 1. The van der Waals surface area contributed by atoms with E-state index in [1.165, 1.54) is 0 Å². The first-order valence-electron chi connectivity index (χ1n) is 7.29. The zero-order chi connectivity index (χ0) is 15.8. The Labute approximate surface area is 130 Å². The van der Waals surface area contributed by atoms with Crippen LogP contribution in [0, 0.1) is 0 Å². The number of pyridine rings is 1. The number of carbonyl (C=O) groups is 1. The number of hydrogen-bond donors (Lipinski definition) is 2. The third-order valence-corrected chi connectivity index (χ3v) is 3.19. The lowest BCUT2D eigenvalue weighted by Crippen LogP contribution is -2.27. The molecule has 0 bridgehead atoms. The third-order valence-electron chi connectivity index (χ3n) is 3.19. The van der Waals surface area contributed by atoms with Crippen LogP contribution in [0.4, 0.5) is 0 Å². The monoisotopic (exact) mass is 300 g/mol. The van der Waals surface area contributed by atoms with Gasteiger partial charge in [-0.3, -0.25) is 4.79 Å². The number of rotatable bonds is 7. The summed E-state index contributed by atoms with van der Waals surface area (Å²) < 4.78 is 5.40. The molecule has 0 aliphatic carbocycles. The lowest BCUT2D eigenvalue weighted by Gasteiger charge is -2.09. The van der Waals surface area contributed by atoms with Gasteiger partial charge < -0.3 is 15.2 Å². The van der Waals surface area contributed by atoms with Gasteiger partial charge in [0.2, 0.25) is 0 Å². The minimum atomic E-state index is -0.240. The molecule has 0 aliphatic heterocycles. The van der Waals surface area contributed by atoms with Crippen molar-refractivity contribution in [3.63, 3.8) is 0 Å². The van der Waals surface area contributed by atoms with E-state index in [1.807, 2.05) is 31.2 Å². The number of aliphatic hydroxyl groups is 1. The van der Waals surface area contributed by atoms with Gasteiger partial charge in [0, 0.05) is 12.7 Å². The summed E-state index contributed by atoms with van der Waals surface area (Å²) in [7, 11) is 0. The van der Waals surface area contributed by atoms with Gasteiger partial charge >= 0.3 is 0 Å². The van der Waals surface area contributed by atoms with Crippen LogP contribution in [0.3, 0.4) is 0 Å². The topological polar surface area (TPSA) is 71.5 Å². The molecule has 2 aromatic rings. The van der Waals surface area contributed by atoms with E-state index in [1.54, 1.807) is 18.3 Å². The summed E-state index contributed by atoms with van der Waals surface area (Å²) >= 11 is 0. The fourth-order valence-corrected chi connectivity index (χ4v) is 2.05. The van der Waals surface area contributed by atoms with Crippen molar-refractivity contribution in [2.24, 2.45) is 0 Å². The number of nitrogens with one attached hydrogen (secondary N) is 1. The fraction of sp³-hybridized carbons (Fsp3) is 0.294. The lowest BCUT2D eigenvalue weighted by molar-refractivity contribution is 0.0945. The summed E-state index contributed by atoms with van der Waals surface area (Å²) in [6.07, 6.45) is 2.29. The van der Waals surface area contributed by atoms with Gasteiger partial charge in [0.15, 0.2) is 11.4 Å². The Hall–Kier alpha value is -2.40. The number of hydrogen-bond acceptors (Lipinski definition) is 4. The SMILES string of the molecule is CCOc1cccnc1C(=O)NCCc1ccc(CO)cc1. The van der Waals surface area contributed by atoms with E-state index in [4.69, 9.17) is 9.84 Å². The number of nitrogens with zero attached hydrogens (tertiary/aromatic N) is 1. The molecule has 1 aromatic heterocycles. The van der Waals surface area contributed by atoms with E-state index in [0.717, 1.165) is 11.1 Å². The first-order valence-corrected chi connectivity index (χ1v) is 7.29. The molecule has 1 aromatic carbocycles. The van der Waals surface area contributed by atoms with Gasteiger partial charge in [-0.1, -0.05) is 24.3 Å². The summed E-state index contributed by atoms with van der Waals surface area (Å²) in [5, 5.41) is 11.8. The molecule has 0 fully saturated rings. The minimum absolute atomic E-state index is 0.0386. The quantitative estimate of drug-likeness (QED) is 0.820. The molecule has 0 saturated carbocycles. The van der Waals surface area contributed by atoms with Gasteiger partial charge in [-0.2, -0.15) is 0 Å². The second-order valence-electron chi connectivity index (χ2n) is 4.76. The molecular weight excluding hydrogens is 280 g/mol. The second kappa shape index (κ2) is 8.14. The van der Waals surface area contributed by atoms with Crippen LogP contribution < -0.4 is 10.1 Å². The number of carbonyl (C=O) groups excluding carboxylic acids is 1. The molecule has 2 N–H and O–H groups in total. The highest BCUT2D eigenvalue weighted by Gasteiger charge is 2.12. The number of aliphatic hydroxyl groups excluding tert-OH is 1. The summed E-state index contributed by atoms with van der Waals surface area (Å²) in [5.74, 6) is 0.255. The lowest BCUT2D eigenvalue weighted by atomic mass is 10.1. The van der Waals surface area contributed by atoms with Crippen molar-refractivity contribution in [2.75, 3.05) is 13.2 Å². The van der Waals surface area contributed by atoms with Crippen molar-refractivity contribution in [1.82, 2.24) is 10.3 Å². The summed E-state index contributed by atoms with van der Waals surface area (Å²) in [5.41, 5.74) is 2.28. The van der Waals surface area contributed by atoms with Crippen LogP contribution in [0.1, 0.15) is 28.5 Å². The second-order valence-corrected chi connectivity index (χ2v) is 4.76. The summed E-state index contributed by atoms with van der Waals surface area (Å²) in [6.45, 7) is 2.91. The Morgan fingerprint density at radius 2 is 1.95 bits per heavy atom. The summed E-state index contributed by atoms with van der Waals surface area (Å²) in [6, 6.07) is 11.1. The average molecular weight is 300 g/mol. The van der Waals surface area contributed by atoms with Crippen molar-refractivity contribution in [3.05, 3.63) is 59.4 Å². The van der Waals surface area contributed by atoms with Gasteiger partial charge in [-0.05, 0) is 36.6 Å². The van der Waals surface area contributed by atoms with Gasteiger partial charge in [-0.15, -0.1) is 0 Å². The maximum absolute atomic E-state index is 12.1. The van der Waals surface area contributed by atoms with E-state index in [2.05, 4.69) is 10.3 Å². The molecule has 1 amide bonds. The molecule has 2 rings (SSSR count). The van der Waals surface area contributed by atoms with Crippen LogP contribution >= 0.6 is 0 Å². The average Bonchev–Trinajstić information content (AvgIpc) is 2.56. The minimum Gasteiger partial charge on any atom is -0.491 e. The van der Waals surface area contributed by atoms with Crippen LogP contribution in [0.5, 0.6) is 5.75 Å². The van der Waals surface area contributed by atoms with Crippen LogP contribution in [0.25, 0.3) is 0 Å². The molecule has 1 heterocycles. The summed E-state index contributed by atoms with van der Waals surface area (Å²) in [4.78, 5) is 16.2. The molecule has 116 valence electrons. The van der Waals surface area contributed by atoms with Crippen molar-refractivity contribution in [3.8, 4) is 5.75 Å². The van der Waals surface area contributed by atoms with Crippen LogP contribution in [-0.4, -0.2) is 29.1 Å². The zero-order valence-corrected chi connectivity index (χ0v) is 12.6. The smallest absolute Gasteiger partial charge is 0.273 e. The molecule has 0 aliphatic rings. The molecule has 22 heavy (non-hydrogen) atoms. The van der Waals surface area contributed by atoms with E-state index in [-0.39, 0.29) is 12.5 Å². The maximum Gasteiger partial charge on any atom is 0.273 e. The number of amides is 1. The van der Waals surface area contributed by atoms with Crippen LogP contribution in [0.15, 0.2) is 42.6 Å². The number of ether oxygens (including phenoxy) is 1. The van der Waals surface area contributed by atoms with Crippen molar-refractivity contribution >= 4 is 5.91 Å². The van der Waals surface area contributed by atoms with Crippen molar-refractivity contribution < 1.29 is 14.6 Å². The van der Waals surface area contributed by atoms with E-state index in [9.17, 15) is 4.79 Å². The highest BCUT2D eigenvalue weighted by molar-refractivity contribution is 5.94. The number of aromatic nitrogens is 1. The van der Waals surface area contributed by atoms with E-state index in [0.29, 0.717) is 31.0 Å². The van der Waals surface area contributed by atoms with E-state index >= 15 is 0 Å².